The number of hydrogen-bond acceptors (Lipinski definition) is 4. The van der Waals surface area contributed by atoms with Crippen LogP contribution in [-0.2, 0) is 22.5 Å². The van der Waals surface area contributed by atoms with Crippen LogP contribution in [-0.4, -0.2) is 22.4 Å². The van der Waals surface area contributed by atoms with Crippen LogP contribution < -0.4 is 5.56 Å². The van der Waals surface area contributed by atoms with Crippen molar-refractivity contribution in [2.24, 2.45) is 0 Å². The number of carbonyl (C=O) groups excluding carboxylic acids is 1. The molecule has 0 saturated heterocycles. The fourth-order valence-corrected chi connectivity index (χ4v) is 2.32. The molecule has 116 valence electrons. The van der Waals surface area contributed by atoms with Gasteiger partial charge in [0.1, 0.15) is 6.54 Å². The molecular weight excluding hydrogens is 280 g/mol. The van der Waals surface area contributed by atoms with Crippen LogP contribution in [0.2, 0.25) is 0 Å². The molecule has 0 atom stereocenters. The number of rotatable bonds is 5. The Morgan fingerprint density at radius 1 is 1.32 bits per heavy atom. The average molecular weight is 300 g/mol. The zero-order valence-electron chi connectivity index (χ0n) is 13.2. The lowest BCUT2D eigenvalue weighted by atomic mass is 10.0. The maximum atomic E-state index is 12.5. The van der Waals surface area contributed by atoms with E-state index in [2.05, 4.69) is 11.7 Å². The number of aryl methyl sites for hydroxylation is 1. The zero-order chi connectivity index (χ0) is 16.3. The summed E-state index contributed by atoms with van der Waals surface area (Å²) in [6, 6.07) is 5.56. The Morgan fingerprint density at radius 3 is 2.64 bits per heavy atom. The lowest BCUT2D eigenvalue weighted by Crippen LogP contribution is -2.29. The predicted molar refractivity (Wildman–Crippen MR) is 86.7 cm³/mol. The first kappa shape index (κ1) is 15.9. The molecule has 1 heterocycles. The largest absolute Gasteiger partial charge is 0.465 e. The van der Waals surface area contributed by atoms with Crippen molar-refractivity contribution in [3.63, 3.8) is 0 Å². The fraction of sp³-hybridized carbons (Fsp3) is 0.353. The maximum absolute atomic E-state index is 12.5. The third-order valence-electron chi connectivity index (χ3n) is 3.45. The van der Waals surface area contributed by atoms with E-state index in [-0.39, 0.29) is 18.7 Å². The average Bonchev–Trinajstić information content (AvgIpc) is 2.49. The first-order valence-electron chi connectivity index (χ1n) is 7.33. The minimum Gasteiger partial charge on any atom is -0.465 e. The Hall–Kier alpha value is -2.43. The van der Waals surface area contributed by atoms with Gasteiger partial charge in [-0.05, 0) is 38.0 Å². The van der Waals surface area contributed by atoms with Gasteiger partial charge in [-0.2, -0.15) is 5.10 Å². The van der Waals surface area contributed by atoms with Gasteiger partial charge in [0.05, 0.1) is 17.7 Å². The van der Waals surface area contributed by atoms with E-state index in [4.69, 9.17) is 4.74 Å². The van der Waals surface area contributed by atoms with Gasteiger partial charge >= 0.3 is 5.97 Å². The van der Waals surface area contributed by atoms with Gasteiger partial charge in [-0.1, -0.05) is 25.1 Å². The van der Waals surface area contributed by atoms with Crippen molar-refractivity contribution in [3.8, 4) is 0 Å². The summed E-state index contributed by atoms with van der Waals surface area (Å²) in [4.78, 5) is 24.1. The first-order valence-corrected chi connectivity index (χ1v) is 7.33. The molecule has 5 nitrogen and oxygen atoms in total. The van der Waals surface area contributed by atoms with Gasteiger partial charge in [0.25, 0.3) is 5.56 Å². The van der Waals surface area contributed by atoms with E-state index in [1.165, 1.54) is 4.68 Å². The monoisotopic (exact) mass is 300 g/mol. The Labute approximate surface area is 129 Å². The molecule has 0 aliphatic carbocycles. The lowest BCUT2D eigenvalue weighted by molar-refractivity contribution is -0.144. The van der Waals surface area contributed by atoms with E-state index in [1.54, 1.807) is 13.0 Å². The van der Waals surface area contributed by atoms with Gasteiger partial charge in [-0.3, -0.25) is 9.59 Å². The number of benzene rings is 1. The molecule has 0 fully saturated rings. The van der Waals surface area contributed by atoms with E-state index in [0.717, 1.165) is 22.2 Å². The number of allylic oxidation sites excluding steroid dienone is 1. The number of fused-ring (bicyclic) bond motifs is 1. The second-order valence-corrected chi connectivity index (χ2v) is 5.11. The molecule has 0 N–H and O–H groups in total. The third kappa shape index (κ3) is 3.08. The summed E-state index contributed by atoms with van der Waals surface area (Å²) in [5, 5.41) is 5.68. The number of esters is 1. The van der Waals surface area contributed by atoms with E-state index >= 15 is 0 Å². The Kier molecular flexibility index (Phi) is 4.75. The highest BCUT2D eigenvalue weighted by Gasteiger charge is 2.13. The topological polar surface area (TPSA) is 61.2 Å². The molecule has 0 unspecified atom stereocenters. The highest BCUT2D eigenvalue weighted by atomic mass is 16.5. The zero-order valence-corrected chi connectivity index (χ0v) is 13.2. The van der Waals surface area contributed by atoms with Crippen LogP contribution >= 0.6 is 0 Å². The van der Waals surface area contributed by atoms with E-state index in [1.807, 2.05) is 26.0 Å². The fourth-order valence-electron chi connectivity index (χ4n) is 2.32. The van der Waals surface area contributed by atoms with Crippen molar-refractivity contribution in [2.45, 2.75) is 33.7 Å². The summed E-state index contributed by atoms with van der Waals surface area (Å²) in [6.07, 6.45) is 0.666. The van der Waals surface area contributed by atoms with Crippen LogP contribution in [0.1, 0.15) is 32.0 Å². The van der Waals surface area contributed by atoms with Gasteiger partial charge in [-0.25, -0.2) is 4.68 Å². The maximum Gasteiger partial charge on any atom is 0.327 e. The molecule has 1 aromatic heterocycles. The Morgan fingerprint density at radius 2 is 2.05 bits per heavy atom. The second-order valence-electron chi connectivity index (χ2n) is 5.11. The lowest BCUT2D eigenvalue weighted by Gasteiger charge is -2.11. The summed E-state index contributed by atoms with van der Waals surface area (Å²) in [7, 11) is 0. The van der Waals surface area contributed by atoms with E-state index in [9.17, 15) is 9.59 Å². The Balaban J connectivity index is 2.61. The van der Waals surface area contributed by atoms with Crippen LogP contribution in [0.5, 0.6) is 0 Å². The molecule has 0 spiro atoms. The number of nitrogens with zero attached hydrogens (tertiary/aromatic N) is 2. The number of carbonyl (C=O) groups is 1. The van der Waals surface area contributed by atoms with Crippen LogP contribution in [0.15, 0.2) is 29.6 Å². The molecule has 1 aromatic carbocycles. The van der Waals surface area contributed by atoms with Crippen LogP contribution in [0.4, 0.5) is 0 Å². The smallest absolute Gasteiger partial charge is 0.327 e. The van der Waals surface area contributed by atoms with Crippen LogP contribution in [0.25, 0.3) is 16.3 Å². The molecular formula is C17H20N2O3. The van der Waals surface area contributed by atoms with Crippen LogP contribution in [0.3, 0.4) is 0 Å². The van der Waals surface area contributed by atoms with Crippen molar-refractivity contribution >= 4 is 22.3 Å². The number of aromatic nitrogens is 2. The van der Waals surface area contributed by atoms with Gasteiger partial charge in [0, 0.05) is 5.39 Å². The minimum atomic E-state index is -0.461. The molecule has 0 saturated carbocycles. The molecule has 5 heteroatoms. The van der Waals surface area contributed by atoms with Gasteiger partial charge in [0.15, 0.2) is 0 Å². The SMILES string of the molecule is C=C(C)c1ccc2c(=O)n(CC(=O)OCC)nc(CC)c2c1. The number of hydrogen-bond donors (Lipinski definition) is 0. The minimum absolute atomic E-state index is 0.169. The highest BCUT2D eigenvalue weighted by molar-refractivity contribution is 5.87. The molecule has 0 aliphatic heterocycles. The molecule has 22 heavy (non-hydrogen) atoms. The van der Waals surface area contributed by atoms with E-state index in [0.29, 0.717) is 11.8 Å². The summed E-state index contributed by atoms with van der Waals surface area (Å²) in [6.45, 7) is 9.65. The molecule has 0 aliphatic rings. The van der Waals surface area contributed by atoms with Gasteiger partial charge in [-0.15, -0.1) is 0 Å². The molecule has 2 rings (SSSR count). The summed E-state index contributed by atoms with van der Waals surface area (Å²) in [5.41, 5.74) is 2.40. The van der Waals surface area contributed by atoms with Crippen molar-refractivity contribution in [1.82, 2.24) is 9.78 Å². The molecule has 0 amide bonds. The Bertz CT molecular complexity index is 790. The summed E-state index contributed by atoms with van der Waals surface area (Å²) >= 11 is 0. The first-order chi connectivity index (χ1) is 10.5. The quantitative estimate of drug-likeness (QED) is 0.796. The summed E-state index contributed by atoms with van der Waals surface area (Å²) < 4.78 is 6.07. The van der Waals surface area contributed by atoms with Gasteiger partial charge < -0.3 is 4.74 Å². The number of ether oxygens (including phenoxy) is 1. The van der Waals surface area contributed by atoms with Crippen molar-refractivity contribution < 1.29 is 9.53 Å². The molecule has 0 radical (unpaired) electrons. The van der Waals surface area contributed by atoms with Crippen molar-refractivity contribution in [2.75, 3.05) is 6.61 Å². The third-order valence-corrected chi connectivity index (χ3v) is 3.45. The second kappa shape index (κ2) is 6.56. The molecule has 2 aromatic rings. The summed E-state index contributed by atoms with van der Waals surface area (Å²) in [5.74, 6) is -0.461. The van der Waals surface area contributed by atoms with Crippen molar-refractivity contribution in [3.05, 3.63) is 46.4 Å². The van der Waals surface area contributed by atoms with Crippen LogP contribution in [0, 0.1) is 0 Å². The predicted octanol–water partition coefficient (Wildman–Crippen LogP) is 2.56. The molecule has 0 bridgehead atoms. The van der Waals surface area contributed by atoms with Crippen molar-refractivity contribution in [1.29, 1.82) is 0 Å². The van der Waals surface area contributed by atoms with E-state index < -0.39 is 5.97 Å². The standard InChI is InChI=1S/C17H20N2O3/c1-5-15-14-9-12(11(3)4)7-8-13(14)17(21)19(18-15)10-16(20)22-6-2/h7-9H,3,5-6,10H2,1-2,4H3. The van der Waals surface area contributed by atoms with Gasteiger partial charge in [0.2, 0.25) is 0 Å². The normalized spacial score (nSPS) is 10.7. The highest BCUT2D eigenvalue weighted by Crippen LogP contribution is 2.20.